The molecule has 0 N–H and O–H groups in total. The van der Waals surface area contributed by atoms with Crippen LogP contribution in [0.25, 0.3) is 0 Å². The molecule has 1 heterocycles. The Kier molecular flexibility index (Phi) is 3.92. The third-order valence-corrected chi connectivity index (χ3v) is 3.88. The minimum Gasteiger partial charge on any atom is -0.377 e. The fourth-order valence-electron chi connectivity index (χ4n) is 2.07. The Morgan fingerprint density at radius 1 is 1.37 bits per heavy atom. The Labute approximate surface area is 118 Å². The monoisotopic (exact) mass is 333 g/mol. The molecule has 0 unspecified atom stereocenters. The molecular weight excluding hydrogens is 320 g/mol. The molecule has 0 spiro atoms. The molecule has 19 heavy (non-hydrogen) atoms. The molecule has 1 fully saturated rings. The zero-order valence-electron chi connectivity index (χ0n) is 10.7. The summed E-state index contributed by atoms with van der Waals surface area (Å²) >= 11 is 2.79. The summed E-state index contributed by atoms with van der Waals surface area (Å²) in [5.41, 5.74) is -0.483. The lowest BCUT2D eigenvalue weighted by atomic mass is 10.0. The fourth-order valence-corrected chi connectivity index (χ4v) is 2.30. The van der Waals surface area contributed by atoms with Crippen molar-refractivity contribution in [3.8, 4) is 0 Å². The first kappa shape index (κ1) is 14.4. The number of morpholine rings is 1. The second-order valence-electron chi connectivity index (χ2n) is 5.08. The molecule has 0 radical (unpaired) electrons. The molecule has 1 aromatic rings. The summed E-state index contributed by atoms with van der Waals surface area (Å²) < 4.78 is 32.0. The Bertz CT molecular complexity index is 496. The number of carbonyl (C=O) groups excluding carboxylic acids is 1. The second kappa shape index (κ2) is 5.17. The van der Waals surface area contributed by atoms with E-state index in [4.69, 9.17) is 4.74 Å². The predicted octanol–water partition coefficient (Wildman–Crippen LogP) is 2.98. The molecule has 1 amide bonds. The van der Waals surface area contributed by atoms with Crippen molar-refractivity contribution < 1.29 is 18.3 Å². The van der Waals surface area contributed by atoms with Gasteiger partial charge in [0.25, 0.3) is 5.91 Å². The molecular formula is C13H14BrF2NO2. The summed E-state index contributed by atoms with van der Waals surface area (Å²) in [4.78, 5) is 13.9. The SMILES string of the molecule is CC1(C)COCCN1C(=O)c1cc(F)c(Br)c(F)c1. The number of nitrogens with zero attached hydrogens (tertiary/aromatic N) is 1. The molecule has 0 bridgehead atoms. The van der Waals surface area contributed by atoms with E-state index in [0.717, 1.165) is 12.1 Å². The van der Waals surface area contributed by atoms with Gasteiger partial charge in [-0.2, -0.15) is 0 Å². The number of hydrogen-bond acceptors (Lipinski definition) is 2. The molecule has 1 aliphatic heterocycles. The van der Waals surface area contributed by atoms with Crippen molar-refractivity contribution in [2.24, 2.45) is 0 Å². The molecule has 0 aromatic heterocycles. The maximum Gasteiger partial charge on any atom is 0.254 e. The molecule has 0 saturated carbocycles. The van der Waals surface area contributed by atoms with Crippen molar-refractivity contribution in [1.82, 2.24) is 4.90 Å². The summed E-state index contributed by atoms with van der Waals surface area (Å²) in [6.45, 7) is 4.95. The zero-order valence-corrected chi connectivity index (χ0v) is 12.3. The van der Waals surface area contributed by atoms with Gasteiger partial charge in [0.1, 0.15) is 11.6 Å². The molecule has 104 valence electrons. The lowest BCUT2D eigenvalue weighted by Gasteiger charge is -2.42. The van der Waals surface area contributed by atoms with Gasteiger partial charge in [-0.1, -0.05) is 0 Å². The van der Waals surface area contributed by atoms with E-state index in [9.17, 15) is 13.6 Å². The first-order chi connectivity index (χ1) is 8.83. The predicted molar refractivity (Wildman–Crippen MR) is 70.0 cm³/mol. The van der Waals surface area contributed by atoms with Crippen LogP contribution < -0.4 is 0 Å². The highest BCUT2D eigenvalue weighted by Crippen LogP contribution is 2.25. The van der Waals surface area contributed by atoms with Gasteiger partial charge in [0, 0.05) is 12.1 Å². The van der Waals surface area contributed by atoms with Gasteiger partial charge in [-0.15, -0.1) is 0 Å². The third-order valence-electron chi connectivity index (χ3n) is 3.12. The summed E-state index contributed by atoms with van der Waals surface area (Å²) in [5, 5.41) is 0. The first-order valence-corrected chi connectivity index (χ1v) is 6.66. The Morgan fingerprint density at radius 3 is 2.47 bits per heavy atom. The van der Waals surface area contributed by atoms with Gasteiger partial charge < -0.3 is 9.64 Å². The van der Waals surface area contributed by atoms with Crippen molar-refractivity contribution in [3.05, 3.63) is 33.8 Å². The Hall–Kier alpha value is -1.01. The van der Waals surface area contributed by atoms with Crippen LogP contribution in [-0.4, -0.2) is 36.1 Å². The molecule has 0 atom stereocenters. The molecule has 1 saturated heterocycles. The third kappa shape index (κ3) is 2.79. The van der Waals surface area contributed by atoms with E-state index >= 15 is 0 Å². The van der Waals surface area contributed by atoms with Crippen LogP contribution in [0.2, 0.25) is 0 Å². The van der Waals surface area contributed by atoms with Crippen LogP contribution >= 0.6 is 15.9 Å². The summed E-state index contributed by atoms with van der Waals surface area (Å²) in [6.07, 6.45) is 0. The van der Waals surface area contributed by atoms with Crippen molar-refractivity contribution in [2.75, 3.05) is 19.8 Å². The average molecular weight is 334 g/mol. The molecule has 0 aliphatic carbocycles. The largest absolute Gasteiger partial charge is 0.377 e. The normalized spacial score (nSPS) is 18.5. The van der Waals surface area contributed by atoms with Gasteiger partial charge in [0.2, 0.25) is 0 Å². The van der Waals surface area contributed by atoms with Crippen molar-refractivity contribution in [1.29, 1.82) is 0 Å². The second-order valence-corrected chi connectivity index (χ2v) is 5.87. The van der Waals surface area contributed by atoms with Gasteiger partial charge in [0.05, 0.1) is 23.2 Å². The van der Waals surface area contributed by atoms with Crippen LogP contribution in [0.4, 0.5) is 8.78 Å². The molecule has 1 aliphatic rings. The number of halogens is 3. The van der Waals surface area contributed by atoms with Gasteiger partial charge in [0.15, 0.2) is 0 Å². The smallest absolute Gasteiger partial charge is 0.254 e. The van der Waals surface area contributed by atoms with Gasteiger partial charge in [-0.25, -0.2) is 8.78 Å². The van der Waals surface area contributed by atoms with Crippen LogP contribution in [0.5, 0.6) is 0 Å². The van der Waals surface area contributed by atoms with E-state index < -0.39 is 23.1 Å². The Balaban J connectivity index is 2.34. The van der Waals surface area contributed by atoms with Crippen molar-refractivity contribution in [2.45, 2.75) is 19.4 Å². The van der Waals surface area contributed by atoms with Crippen LogP contribution in [0, 0.1) is 11.6 Å². The topological polar surface area (TPSA) is 29.5 Å². The van der Waals surface area contributed by atoms with Crippen molar-refractivity contribution >= 4 is 21.8 Å². The summed E-state index contributed by atoms with van der Waals surface area (Å²) in [5.74, 6) is -1.96. The van der Waals surface area contributed by atoms with Gasteiger partial charge in [-0.3, -0.25) is 4.79 Å². The number of benzene rings is 1. The zero-order chi connectivity index (χ0) is 14.2. The van der Waals surface area contributed by atoms with Crippen LogP contribution in [-0.2, 0) is 4.74 Å². The minimum atomic E-state index is -0.783. The van der Waals surface area contributed by atoms with E-state index in [1.807, 2.05) is 13.8 Å². The van der Waals surface area contributed by atoms with E-state index in [1.54, 1.807) is 4.90 Å². The molecule has 6 heteroatoms. The maximum atomic E-state index is 13.5. The van der Waals surface area contributed by atoms with Crippen molar-refractivity contribution in [3.63, 3.8) is 0 Å². The maximum absolute atomic E-state index is 13.5. The van der Waals surface area contributed by atoms with Gasteiger partial charge >= 0.3 is 0 Å². The van der Waals surface area contributed by atoms with Crippen LogP contribution in [0.3, 0.4) is 0 Å². The van der Waals surface area contributed by atoms with Gasteiger partial charge in [-0.05, 0) is 41.9 Å². The number of rotatable bonds is 1. The highest BCUT2D eigenvalue weighted by atomic mass is 79.9. The average Bonchev–Trinajstić information content (AvgIpc) is 2.34. The first-order valence-electron chi connectivity index (χ1n) is 5.87. The number of hydrogen-bond donors (Lipinski definition) is 0. The Morgan fingerprint density at radius 2 is 1.95 bits per heavy atom. The lowest BCUT2D eigenvalue weighted by molar-refractivity contribution is -0.0371. The highest BCUT2D eigenvalue weighted by Gasteiger charge is 2.35. The van der Waals surface area contributed by atoms with E-state index in [2.05, 4.69) is 15.9 Å². The van der Waals surface area contributed by atoms with Crippen LogP contribution in [0.15, 0.2) is 16.6 Å². The molecule has 3 nitrogen and oxygen atoms in total. The number of ether oxygens (including phenoxy) is 1. The molecule has 1 aromatic carbocycles. The van der Waals surface area contributed by atoms with E-state index in [1.165, 1.54) is 0 Å². The van der Waals surface area contributed by atoms with Crippen LogP contribution in [0.1, 0.15) is 24.2 Å². The number of amides is 1. The lowest BCUT2D eigenvalue weighted by Crippen LogP contribution is -2.55. The number of carbonyl (C=O) groups is 1. The highest BCUT2D eigenvalue weighted by molar-refractivity contribution is 9.10. The minimum absolute atomic E-state index is 0.00757. The molecule has 2 rings (SSSR count). The van der Waals surface area contributed by atoms with E-state index in [0.29, 0.717) is 19.8 Å². The van der Waals surface area contributed by atoms with E-state index in [-0.39, 0.29) is 10.0 Å². The summed E-state index contributed by atoms with van der Waals surface area (Å²) in [7, 11) is 0. The standard InChI is InChI=1S/C13H14BrF2NO2/c1-13(2)7-19-4-3-17(13)12(18)8-5-9(15)11(14)10(16)6-8/h5-6H,3-4,7H2,1-2H3. The summed E-state index contributed by atoms with van der Waals surface area (Å²) in [6, 6.07) is 2.09. The quantitative estimate of drug-likeness (QED) is 0.739. The fraction of sp³-hybridized carbons (Fsp3) is 0.462.